The summed E-state index contributed by atoms with van der Waals surface area (Å²) in [5, 5.41) is 20.8. The number of carbonyl (C=O) groups is 2. The summed E-state index contributed by atoms with van der Waals surface area (Å²) < 4.78 is 23.7. The van der Waals surface area contributed by atoms with E-state index >= 15 is 0 Å². The molecule has 2 aromatic rings. The van der Waals surface area contributed by atoms with Gasteiger partial charge in [0.05, 0.1) is 0 Å². The largest absolute Gasteiger partial charge is 0.477 e. The van der Waals surface area contributed by atoms with Crippen molar-refractivity contribution in [2.75, 3.05) is 13.1 Å². The summed E-state index contributed by atoms with van der Waals surface area (Å²) in [5.41, 5.74) is 0.488. The van der Waals surface area contributed by atoms with Crippen molar-refractivity contribution in [3.05, 3.63) is 47.8 Å². The van der Waals surface area contributed by atoms with E-state index in [1.54, 1.807) is 24.3 Å². The van der Waals surface area contributed by atoms with Gasteiger partial charge in [-0.05, 0) is 35.6 Å². The first-order valence-corrected chi connectivity index (χ1v) is 9.87. The molecule has 1 saturated carbocycles. The Labute approximate surface area is 155 Å². The number of aromatic nitrogens is 1. The summed E-state index contributed by atoms with van der Waals surface area (Å²) in [7, 11) is -4.26. The number of nitrogens with one attached hydrogen (secondary N) is 2. The highest BCUT2D eigenvalue weighted by Crippen LogP contribution is 2.41. The van der Waals surface area contributed by atoms with Crippen molar-refractivity contribution in [1.82, 2.24) is 14.6 Å². The van der Waals surface area contributed by atoms with Crippen molar-refractivity contribution in [1.29, 1.82) is 0 Å². The number of aromatic carboxylic acids is 1. The fourth-order valence-electron chi connectivity index (χ4n) is 3.76. The standard InChI is InChI=1S/C17H18N4O5S/c18-27(25,26)21-5-4-11(15(21)17(23)24)9-2-1-3-10(6-9)16(22)20-14-12-7-19-8-13(12)14/h1-6,12-14,19H,7-8H2,(H,20,22)(H,23,24)(H2,18,25,26). The molecule has 2 unspecified atom stereocenters. The number of piperidine rings is 1. The van der Waals surface area contributed by atoms with Crippen LogP contribution in [0.4, 0.5) is 0 Å². The number of fused-ring (bicyclic) bond motifs is 1. The maximum atomic E-state index is 12.5. The molecule has 0 bridgehead atoms. The minimum absolute atomic E-state index is 0.165. The Bertz CT molecular complexity index is 1040. The highest BCUT2D eigenvalue weighted by Gasteiger charge is 2.53. The number of nitrogens with zero attached hydrogens (tertiary/aromatic N) is 1. The first-order chi connectivity index (χ1) is 12.8. The van der Waals surface area contributed by atoms with Gasteiger partial charge in [-0.3, -0.25) is 4.79 Å². The highest BCUT2D eigenvalue weighted by molar-refractivity contribution is 7.87. The zero-order valence-corrected chi connectivity index (χ0v) is 14.9. The van der Waals surface area contributed by atoms with Crippen LogP contribution >= 0.6 is 0 Å². The lowest BCUT2D eigenvalue weighted by atomic mass is 10.0. The molecule has 10 heteroatoms. The van der Waals surface area contributed by atoms with Gasteiger partial charge in [0.15, 0.2) is 5.69 Å². The van der Waals surface area contributed by atoms with Gasteiger partial charge in [0, 0.05) is 36.5 Å². The molecule has 9 nitrogen and oxygen atoms in total. The number of hydrogen-bond acceptors (Lipinski definition) is 5. The van der Waals surface area contributed by atoms with E-state index in [0.29, 0.717) is 26.9 Å². The molecule has 5 N–H and O–H groups in total. The second-order valence-corrected chi connectivity index (χ2v) is 8.21. The van der Waals surface area contributed by atoms with Gasteiger partial charge < -0.3 is 15.7 Å². The predicted octanol–water partition coefficient (Wildman–Crippen LogP) is -0.147. The summed E-state index contributed by atoms with van der Waals surface area (Å²) in [6.07, 6.45) is 1.08. The van der Waals surface area contributed by atoms with Crippen LogP contribution < -0.4 is 15.8 Å². The second kappa shape index (κ2) is 6.19. The number of carboxylic acids is 1. The average Bonchev–Trinajstić information content (AvgIpc) is 3.02. The van der Waals surface area contributed by atoms with E-state index in [4.69, 9.17) is 5.14 Å². The third-order valence-corrected chi connectivity index (χ3v) is 6.01. The maximum absolute atomic E-state index is 12.5. The first kappa shape index (κ1) is 17.7. The fraction of sp³-hybridized carbons (Fsp3) is 0.294. The van der Waals surface area contributed by atoms with E-state index in [1.165, 1.54) is 6.07 Å². The molecule has 2 fully saturated rings. The quantitative estimate of drug-likeness (QED) is 0.559. The molecule has 142 valence electrons. The molecule has 0 spiro atoms. The first-order valence-electron chi connectivity index (χ1n) is 8.37. The molecule has 2 aliphatic rings. The number of rotatable bonds is 5. The SMILES string of the molecule is NS(=O)(=O)n1ccc(-c2cccc(C(=O)NC3C4CNCC43)c2)c1C(=O)O. The molecule has 1 saturated heterocycles. The van der Waals surface area contributed by atoms with Crippen molar-refractivity contribution in [2.24, 2.45) is 17.0 Å². The van der Waals surface area contributed by atoms with Crippen molar-refractivity contribution in [3.8, 4) is 11.1 Å². The lowest BCUT2D eigenvalue weighted by molar-refractivity contribution is 0.0690. The topological polar surface area (TPSA) is 144 Å². The van der Waals surface area contributed by atoms with Crippen LogP contribution in [-0.2, 0) is 10.2 Å². The smallest absolute Gasteiger partial charge is 0.354 e. The maximum Gasteiger partial charge on any atom is 0.354 e. The van der Waals surface area contributed by atoms with Gasteiger partial charge in [-0.25, -0.2) is 13.9 Å². The van der Waals surface area contributed by atoms with Crippen molar-refractivity contribution >= 4 is 22.1 Å². The van der Waals surface area contributed by atoms with Crippen LogP contribution in [0.5, 0.6) is 0 Å². The molecule has 1 aliphatic heterocycles. The molecular weight excluding hydrogens is 372 g/mol. The van der Waals surface area contributed by atoms with Crippen LogP contribution in [0.15, 0.2) is 36.5 Å². The second-order valence-electron chi connectivity index (χ2n) is 6.79. The van der Waals surface area contributed by atoms with E-state index in [2.05, 4.69) is 10.6 Å². The zero-order valence-electron chi connectivity index (χ0n) is 14.1. The molecule has 27 heavy (non-hydrogen) atoms. The normalized spacial score (nSPS) is 23.7. The summed E-state index contributed by atoms with van der Waals surface area (Å²) >= 11 is 0. The Morgan fingerprint density at radius 2 is 1.93 bits per heavy atom. The summed E-state index contributed by atoms with van der Waals surface area (Å²) in [4.78, 5) is 24.1. The molecule has 1 aromatic carbocycles. The third kappa shape index (κ3) is 3.11. The van der Waals surface area contributed by atoms with Gasteiger partial charge >= 0.3 is 16.2 Å². The lowest BCUT2D eigenvalue weighted by Gasteiger charge is -2.10. The van der Waals surface area contributed by atoms with Gasteiger partial charge in [0.25, 0.3) is 5.91 Å². The van der Waals surface area contributed by atoms with Crippen LogP contribution in [0.1, 0.15) is 20.8 Å². The van der Waals surface area contributed by atoms with Gasteiger partial charge in [0.1, 0.15) is 0 Å². The van der Waals surface area contributed by atoms with Gasteiger partial charge in [-0.1, -0.05) is 12.1 Å². The summed E-state index contributed by atoms with van der Waals surface area (Å²) in [6, 6.07) is 7.93. The van der Waals surface area contributed by atoms with Crippen molar-refractivity contribution < 1.29 is 23.1 Å². The molecular formula is C17H18N4O5S. The number of carboxylic acid groups (broad SMARTS) is 1. The minimum Gasteiger partial charge on any atom is -0.477 e. The number of carbonyl (C=O) groups excluding carboxylic acids is 1. The lowest BCUT2D eigenvalue weighted by Crippen LogP contribution is -2.32. The van der Waals surface area contributed by atoms with Crippen molar-refractivity contribution in [2.45, 2.75) is 6.04 Å². The molecule has 1 aliphatic carbocycles. The number of hydrogen-bond donors (Lipinski definition) is 4. The van der Waals surface area contributed by atoms with Crippen LogP contribution in [0.2, 0.25) is 0 Å². The molecule has 2 atom stereocenters. The van der Waals surface area contributed by atoms with E-state index < -0.39 is 21.9 Å². The minimum atomic E-state index is -4.26. The van der Waals surface area contributed by atoms with Gasteiger partial charge in [-0.15, -0.1) is 0 Å². The Morgan fingerprint density at radius 1 is 1.22 bits per heavy atom. The van der Waals surface area contributed by atoms with Crippen LogP contribution in [0, 0.1) is 11.8 Å². The Hall–Kier alpha value is -2.69. The van der Waals surface area contributed by atoms with Gasteiger partial charge in [0.2, 0.25) is 0 Å². The zero-order chi connectivity index (χ0) is 19.3. The van der Waals surface area contributed by atoms with E-state index in [0.717, 1.165) is 19.3 Å². The average molecular weight is 390 g/mol. The van der Waals surface area contributed by atoms with Gasteiger partial charge in [-0.2, -0.15) is 8.42 Å². The number of benzene rings is 1. The third-order valence-electron chi connectivity index (χ3n) is 5.15. The molecule has 1 amide bonds. The monoisotopic (exact) mass is 390 g/mol. The molecule has 1 aromatic heterocycles. The Kier molecular flexibility index (Phi) is 4.06. The van der Waals surface area contributed by atoms with E-state index in [1.807, 2.05) is 0 Å². The summed E-state index contributed by atoms with van der Waals surface area (Å²) in [6.45, 7) is 1.80. The number of amides is 1. The van der Waals surface area contributed by atoms with E-state index in [-0.39, 0.29) is 17.5 Å². The molecule has 2 heterocycles. The fourth-order valence-corrected chi connectivity index (χ4v) is 4.43. The Morgan fingerprint density at radius 3 is 2.56 bits per heavy atom. The predicted molar refractivity (Wildman–Crippen MR) is 96.4 cm³/mol. The molecule has 4 rings (SSSR count). The summed E-state index contributed by atoms with van der Waals surface area (Å²) in [5.74, 6) is -0.727. The molecule has 0 radical (unpaired) electrons. The van der Waals surface area contributed by atoms with Crippen molar-refractivity contribution in [3.63, 3.8) is 0 Å². The van der Waals surface area contributed by atoms with Crippen LogP contribution in [0.3, 0.4) is 0 Å². The Balaban J connectivity index is 1.64. The van der Waals surface area contributed by atoms with Crippen LogP contribution in [-0.4, -0.2) is 48.5 Å². The van der Waals surface area contributed by atoms with Crippen LogP contribution in [0.25, 0.3) is 11.1 Å². The highest BCUT2D eigenvalue weighted by atomic mass is 32.2. The van der Waals surface area contributed by atoms with E-state index in [9.17, 15) is 23.1 Å². The number of nitrogens with two attached hydrogens (primary N) is 1.